The Hall–Kier alpha value is -2.04. The van der Waals surface area contributed by atoms with E-state index in [1.54, 1.807) is 6.92 Å². The minimum absolute atomic E-state index is 0.243. The van der Waals surface area contributed by atoms with Gasteiger partial charge in [-0.1, -0.05) is 0 Å². The van der Waals surface area contributed by atoms with Crippen molar-refractivity contribution in [1.29, 1.82) is 0 Å². The topological polar surface area (TPSA) is 65.5 Å². The summed E-state index contributed by atoms with van der Waals surface area (Å²) in [7, 11) is 0. The van der Waals surface area contributed by atoms with E-state index in [4.69, 9.17) is 13.6 Å². The largest absolute Gasteiger partial charge is 0.466 e. The summed E-state index contributed by atoms with van der Waals surface area (Å²) in [4.78, 5) is 16.6. The molecule has 5 nitrogen and oxygen atoms in total. The molecule has 5 heteroatoms. The number of aryl methyl sites for hydroxylation is 2. The summed E-state index contributed by atoms with van der Waals surface area (Å²) in [6, 6.07) is 0. The predicted octanol–water partition coefficient (Wildman–Crippen LogP) is 3.91. The SMILES string of the molecule is CCOC(=O)c1oc(-c2c(C)oc(C)c2C)nc1C1CC1. The fourth-order valence-corrected chi connectivity index (χ4v) is 2.52. The predicted molar refractivity (Wildman–Crippen MR) is 76.3 cm³/mol. The molecule has 0 N–H and O–H groups in total. The van der Waals surface area contributed by atoms with Gasteiger partial charge in [0.05, 0.1) is 17.9 Å². The number of aromatic nitrogens is 1. The molecule has 0 unspecified atom stereocenters. The molecule has 2 aromatic rings. The summed E-state index contributed by atoms with van der Waals surface area (Å²) in [5.74, 6) is 2.17. The van der Waals surface area contributed by atoms with Gasteiger partial charge in [-0.3, -0.25) is 0 Å². The van der Waals surface area contributed by atoms with Crippen LogP contribution >= 0.6 is 0 Å². The Morgan fingerprint density at radius 1 is 1.24 bits per heavy atom. The number of esters is 1. The number of furan rings is 1. The van der Waals surface area contributed by atoms with Crippen molar-refractivity contribution in [2.45, 2.75) is 46.5 Å². The first-order valence-corrected chi connectivity index (χ1v) is 7.27. The molecule has 112 valence electrons. The molecule has 0 saturated heterocycles. The second-order valence-corrected chi connectivity index (χ2v) is 5.44. The number of hydrogen-bond acceptors (Lipinski definition) is 5. The normalized spacial score (nSPS) is 14.5. The van der Waals surface area contributed by atoms with E-state index < -0.39 is 5.97 Å². The number of rotatable bonds is 4. The maximum atomic E-state index is 12.0. The molecule has 2 heterocycles. The van der Waals surface area contributed by atoms with Crippen molar-refractivity contribution in [2.24, 2.45) is 0 Å². The van der Waals surface area contributed by atoms with Crippen molar-refractivity contribution in [3.63, 3.8) is 0 Å². The molecule has 1 aliphatic rings. The van der Waals surface area contributed by atoms with Gasteiger partial charge in [-0.15, -0.1) is 0 Å². The minimum atomic E-state index is -0.436. The van der Waals surface area contributed by atoms with E-state index in [0.29, 0.717) is 18.4 Å². The van der Waals surface area contributed by atoms with Crippen LogP contribution in [0.2, 0.25) is 0 Å². The van der Waals surface area contributed by atoms with Gasteiger partial charge in [-0.05, 0) is 40.5 Å². The summed E-state index contributed by atoms with van der Waals surface area (Å²) < 4.78 is 16.4. The molecule has 3 rings (SSSR count). The number of carbonyl (C=O) groups is 1. The summed E-state index contributed by atoms with van der Waals surface area (Å²) in [5.41, 5.74) is 2.55. The van der Waals surface area contributed by atoms with Crippen molar-refractivity contribution in [1.82, 2.24) is 4.98 Å². The third kappa shape index (κ3) is 2.37. The van der Waals surface area contributed by atoms with Crippen molar-refractivity contribution in [2.75, 3.05) is 6.61 Å². The van der Waals surface area contributed by atoms with Crippen LogP contribution in [0.3, 0.4) is 0 Å². The highest BCUT2D eigenvalue weighted by molar-refractivity contribution is 5.88. The van der Waals surface area contributed by atoms with Crippen LogP contribution in [0, 0.1) is 20.8 Å². The molecule has 1 fully saturated rings. The van der Waals surface area contributed by atoms with Gasteiger partial charge in [0.25, 0.3) is 0 Å². The summed E-state index contributed by atoms with van der Waals surface area (Å²) in [5, 5.41) is 0. The van der Waals surface area contributed by atoms with E-state index in [-0.39, 0.29) is 5.76 Å². The second-order valence-electron chi connectivity index (χ2n) is 5.44. The van der Waals surface area contributed by atoms with Crippen LogP contribution in [-0.2, 0) is 4.74 Å². The first-order chi connectivity index (χ1) is 10.0. The molecule has 0 bridgehead atoms. The minimum Gasteiger partial charge on any atom is -0.466 e. The van der Waals surface area contributed by atoms with E-state index in [9.17, 15) is 4.79 Å². The Balaban J connectivity index is 2.08. The zero-order valence-electron chi connectivity index (χ0n) is 12.8. The highest BCUT2D eigenvalue weighted by Crippen LogP contribution is 2.43. The molecule has 0 spiro atoms. The highest BCUT2D eigenvalue weighted by Gasteiger charge is 2.35. The second kappa shape index (κ2) is 5.06. The average molecular weight is 289 g/mol. The molecule has 0 aliphatic heterocycles. The number of nitrogens with zero attached hydrogens (tertiary/aromatic N) is 1. The van der Waals surface area contributed by atoms with Gasteiger partial charge in [-0.25, -0.2) is 9.78 Å². The fourth-order valence-electron chi connectivity index (χ4n) is 2.52. The van der Waals surface area contributed by atoms with E-state index in [1.807, 2.05) is 20.8 Å². The molecule has 1 saturated carbocycles. The van der Waals surface area contributed by atoms with Gasteiger partial charge in [0.1, 0.15) is 11.5 Å². The Bertz CT molecular complexity index is 691. The van der Waals surface area contributed by atoms with Gasteiger partial charge in [0, 0.05) is 11.5 Å². The molecule has 0 radical (unpaired) electrons. The summed E-state index contributed by atoms with van der Waals surface area (Å²) in [6.07, 6.45) is 2.08. The third-order valence-corrected chi connectivity index (χ3v) is 3.85. The lowest BCUT2D eigenvalue weighted by molar-refractivity contribution is 0.0489. The molecule has 2 aromatic heterocycles. The zero-order chi connectivity index (χ0) is 15.1. The zero-order valence-corrected chi connectivity index (χ0v) is 12.8. The Labute approximate surface area is 123 Å². The van der Waals surface area contributed by atoms with Crippen LogP contribution in [0.25, 0.3) is 11.5 Å². The van der Waals surface area contributed by atoms with E-state index in [2.05, 4.69) is 4.98 Å². The first-order valence-electron chi connectivity index (χ1n) is 7.27. The van der Waals surface area contributed by atoms with Gasteiger partial charge in [0.15, 0.2) is 0 Å². The lowest BCUT2D eigenvalue weighted by Crippen LogP contribution is -2.05. The molecule has 0 amide bonds. The molecular weight excluding hydrogens is 270 g/mol. The van der Waals surface area contributed by atoms with Gasteiger partial charge >= 0.3 is 5.97 Å². The molecule has 21 heavy (non-hydrogen) atoms. The maximum absolute atomic E-state index is 12.0. The van der Waals surface area contributed by atoms with Gasteiger partial charge < -0.3 is 13.6 Å². The van der Waals surface area contributed by atoms with Crippen LogP contribution in [0.1, 0.15) is 59.0 Å². The highest BCUT2D eigenvalue weighted by atomic mass is 16.5. The molecule has 0 atom stereocenters. The van der Waals surface area contributed by atoms with Gasteiger partial charge in [0.2, 0.25) is 11.7 Å². The Kier molecular flexibility index (Phi) is 3.35. The van der Waals surface area contributed by atoms with Crippen LogP contribution in [0.5, 0.6) is 0 Å². The van der Waals surface area contributed by atoms with E-state index in [0.717, 1.165) is 41.2 Å². The van der Waals surface area contributed by atoms with E-state index >= 15 is 0 Å². The van der Waals surface area contributed by atoms with Crippen molar-refractivity contribution < 1.29 is 18.4 Å². The number of oxazole rings is 1. The summed E-state index contributed by atoms with van der Waals surface area (Å²) >= 11 is 0. The van der Waals surface area contributed by atoms with Crippen LogP contribution in [0.15, 0.2) is 8.83 Å². The van der Waals surface area contributed by atoms with Crippen LogP contribution in [-0.4, -0.2) is 17.6 Å². The summed E-state index contributed by atoms with van der Waals surface area (Å²) in [6.45, 7) is 7.84. The van der Waals surface area contributed by atoms with Crippen molar-refractivity contribution in [3.8, 4) is 11.5 Å². The maximum Gasteiger partial charge on any atom is 0.376 e. The van der Waals surface area contributed by atoms with Crippen molar-refractivity contribution >= 4 is 5.97 Å². The standard InChI is InChI=1S/C16H19NO4/c1-5-19-16(18)14-13(11-6-7-11)17-15(21-14)12-8(2)9(3)20-10(12)4/h11H,5-7H2,1-4H3. The fraction of sp³-hybridized carbons (Fsp3) is 0.500. The monoisotopic (exact) mass is 289 g/mol. The molecule has 1 aliphatic carbocycles. The molecule has 0 aromatic carbocycles. The number of hydrogen-bond donors (Lipinski definition) is 0. The Morgan fingerprint density at radius 3 is 2.48 bits per heavy atom. The lowest BCUT2D eigenvalue weighted by atomic mass is 10.1. The van der Waals surface area contributed by atoms with E-state index in [1.165, 1.54) is 0 Å². The average Bonchev–Trinajstić information content (AvgIpc) is 3.13. The quantitative estimate of drug-likeness (QED) is 0.798. The lowest BCUT2D eigenvalue weighted by Gasteiger charge is -1.99. The molecular formula is C16H19NO4. The van der Waals surface area contributed by atoms with Crippen LogP contribution < -0.4 is 0 Å². The Morgan fingerprint density at radius 2 is 1.95 bits per heavy atom. The first kappa shape index (κ1) is 13.9. The smallest absolute Gasteiger partial charge is 0.376 e. The van der Waals surface area contributed by atoms with Crippen molar-refractivity contribution in [3.05, 3.63) is 28.5 Å². The number of carbonyl (C=O) groups excluding carboxylic acids is 1. The number of ether oxygens (including phenoxy) is 1. The van der Waals surface area contributed by atoms with Crippen LogP contribution in [0.4, 0.5) is 0 Å². The van der Waals surface area contributed by atoms with Gasteiger partial charge in [-0.2, -0.15) is 0 Å². The third-order valence-electron chi connectivity index (χ3n) is 3.85.